The van der Waals surface area contributed by atoms with Gasteiger partial charge in [-0.25, -0.2) is 0 Å². The van der Waals surface area contributed by atoms with E-state index in [-0.39, 0.29) is 0 Å². The van der Waals surface area contributed by atoms with Crippen molar-refractivity contribution in [3.63, 3.8) is 0 Å². The zero-order valence-electron chi connectivity index (χ0n) is 9.81. The van der Waals surface area contributed by atoms with E-state index >= 15 is 0 Å². The summed E-state index contributed by atoms with van der Waals surface area (Å²) in [4.78, 5) is 6.35. The molecule has 0 aliphatic rings. The van der Waals surface area contributed by atoms with Crippen molar-refractivity contribution in [1.82, 2.24) is 4.98 Å². The highest BCUT2D eigenvalue weighted by atomic mass is 35.5. The van der Waals surface area contributed by atoms with Crippen LogP contribution in [0.2, 0.25) is 0 Å². The first-order valence-corrected chi connectivity index (χ1v) is 6.21. The number of halogens is 1. The summed E-state index contributed by atoms with van der Waals surface area (Å²) in [5.74, 6) is 0.479. The maximum atomic E-state index is 5.95. The normalized spacial score (nSPS) is 10.2. The highest BCUT2D eigenvalue weighted by Gasteiger charge is 2.10. The van der Waals surface area contributed by atoms with Crippen LogP contribution >= 0.6 is 11.6 Å². The third-order valence-corrected chi connectivity index (χ3v) is 2.98. The molecule has 0 atom stereocenters. The van der Waals surface area contributed by atoms with Gasteiger partial charge in [0, 0.05) is 35.9 Å². The van der Waals surface area contributed by atoms with Crippen molar-refractivity contribution in [2.75, 3.05) is 11.4 Å². The summed E-state index contributed by atoms with van der Waals surface area (Å²) in [6, 6.07) is 12.3. The third-order valence-electron chi connectivity index (χ3n) is 2.70. The van der Waals surface area contributed by atoms with Crippen LogP contribution in [0.1, 0.15) is 12.5 Å². The first-order chi connectivity index (χ1) is 8.36. The maximum Gasteiger partial charge on any atom is 0.0510 e. The first-order valence-electron chi connectivity index (χ1n) is 5.68. The molecule has 2 aromatic rings. The molecule has 1 heterocycles. The molecule has 0 aliphatic heterocycles. The number of anilines is 2. The molecule has 0 bridgehead atoms. The zero-order chi connectivity index (χ0) is 12.1. The van der Waals surface area contributed by atoms with Crippen LogP contribution in [0.4, 0.5) is 11.4 Å². The van der Waals surface area contributed by atoms with Crippen LogP contribution < -0.4 is 4.90 Å². The number of aromatic nitrogens is 1. The number of nitrogens with zero attached hydrogens (tertiary/aromatic N) is 2. The van der Waals surface area contributed by atoms with E-state index in [9.17, 15) is 0 Å². The summed E-state index contributed by atoms with van der Waals surface area (Å²) in [6.07, 6.45) is 3.63. The van der Waals surface area contributed by atoms with Gasteiger partial charge in [-0.3, -0.25) is 4.98 Å². The van der Waals surface area contributed by atoms with Gasteiger partial charge in [-0.05, 0) is 25.1 Å². The third kappa shape index (κ3) is 2.59. The predicted octanol–water partition coefficient (Wildman–Crippen LogP) is 3.98. The van der Waals surface area contributed by atoms with E-state index < -0.39 is 0 Å². The Morgan fingerprint density at radius 1 is 1.18 bits per heavy atom. The molecule has 17 heavy (non-hydrogen) atoms. The maximum absolute atomic E-state index is 5.95. The molecule has 2 rings (SSSR count). The lowest BCUT2D eigenvalue weighted by Crippen LogP contribution is -2.17. The van der Waals surface area contributed by atoms with Crippen LogP contribution in [0.15, 0.2) is 48.8 Å². The highest BCUT2D eigenvalue weighted by molar-refractivity contribution is 6.17. The predicted molar refractivity (Wildman–Crippen MR) is 72.9 cm³/mol. The molecule has 0 fully saturated rings. The van der Waals surface area contributed by atoms with E-state index in [0.717, 1.165) is 17.8 Å². The van der Waals surface area contributed by atoms with Gasteiger partial charge in [-0.1, -0.05) is 18.2 Å². The molecule has 0 saturated heterocycles. The fourth-order valence-corrected chi connectivity index (χ4v) is 2.09. The second-order valence-electron chi connectivity index (χ2n) is 3.72. The molecular weight excluding hydrogens is 232 g/mol. The lowest BCUT2D eigenvalue weighted by molar-refractivity contribution is 1.01. The van der Waals surface area contributed by atoms with Crippen LogP contribution in [-0.2, 0) is 5.88 Å². The Hall–Kier alpha value is -1.54. The second-order valence-corrected chi connectivity index (χ2v) is 3.99. The fourth-order valence-electron chi connectivity index (χ4n) is 1.89. The lowest BCUT2D eigenvalue weighted by atomic mass is 10.2. The van der Waals surface area contributed by atoms with Crippen molar-refractivity contribution in [2.24, 2.45) is 0 Å². The van der Waals surface area contributed by atoms with Gasteiger partial charge in [-0.15, -0.1) is 11.6 Å². The molecule has 3 heteroatoms. The van der Waals surface area contributed by atoms with Gasteiger partial charge in [0.15, 0.2) is 0 Å². The topological polar surface area (TPSA) is 16.1 Å². The van der Waals surface area contributed by atoms with Crippen LogP contribution in [-0.4, -0.2) is 11.5 Å². The molecular formula is C14H15ClN2. The Labute approximate surface area is 107 Å². The van der Waals surface area contributed by atoms with Gasteiger partial charge in [0.25, 0.3) is 0 Å². The van der Waals surface area contributed by atoms with Gasteiger partial charge < -0.3 is 4.90 Å². The molecule has 0 radical (unpaired) electrons. The Bertz CT molecular complexity index is 471. The summed E-state index contributed by atoms with van der Waals surface area (Å²) >= 11 is 5.95. The highest BCUT2D eigenvalue weighted by Crippen LogP contribution is 2.28. The molecule has 1 aromatic carbocycles. The number of para-hydroxylation sites is 1. The number of hydrogen-bond acceptors (Lipinski definition) is 2. The number of alkyl halides is 1. The van der Waals surface area contributed by atoms with E-state index in [1.165, 1.54) is 5.69 Å². The Kier molecular flexibility index (Phi) is 3.99. The van der Waals surface area contributed by atoms with Crippen LogP contribution in [0.3, 0.4) is 0 Å². The lowest BCUT2D eigenvalue weighted by Gasteiger charge is -2.25. The Balaban J connectivity index is 2.42. The average molecular weight is 247 g/mol. The molecule has 0 spiro atoms. The molecule has 0 N–H and O–H groups in total. The largest absolute Gasteiger partial charge is 0.341 e. The zero-order valence-corrected chi connectivity index (χ0v) is 10.6. The summed E-state index contributed by atoms with van der Waals surface area (Å²) in [6.45, 7) is 3.03. The van der Waals surface area contributed by atoms with E-state index in [1.807, 2.05) is 30.5 Å². The van der Waals surface area contributed by atoms with Crippen LogP contribution in [0.5, 0.6) is 0 Å². The summed E-state index contributed by atoms with van der Waals surface area (Å²) in [5, 5.41) is 0. The summed E-state index contributed by atoms with van der Waals surface area (Å²) < 4.78 is 0. The Morgan fingerprint density at radius 2 is 1.94 bits per heavy atom. The van der Waals surface area contributed by atoms with Gasteiger partial charge in [0.2, 0.25) is 0 Å². The van der Waals surface area contributed by atoms with Gasteiger partial charge in [-0.2, -0.15) is 0 Å². The van der Waals surface area contributed by atoms with Gasteiger partial charge in [0.1, 0.15) is 0 Å². The molecule has 0 aliphatic carbocycles. The number of pyridine rings is 1. The van der Waals surface area contributed by atoms with Crippen molar-refractivity contribution in [3.8, 4) is 0 Å². The second kappa shape index (κ2) is 5.69. The fraction of sp³-hybridized carbons (Fsp3) is 0.214. The SMILES string of the molecule is CCN(c1ccccc1)c1ccncc1CCl. The van der Waals surface area contributed by atoms with E-state index in [1.54, 1.807) is 6.20 Å². The van der Waals surface area contributed by atoms with Crippen molar-refractivity contribution in [3.05, 3.63) is 54.4 Å². The van der Waals surface area contributed by atoms with Crippen molar-refractivity contribution < 1.29 is 0 Å². The Morgan fingerprint density at radius 3 is 2.59 bits per heavy atom. The average Bonchev–Trinajstić information content (AvgIpc) is 2.41. The van der Waals surface area contributed by atoms with Gasteiger partial charge >= 0.3 is 0 Å². The van der Waals surface area contributed by atoms with Gasteiger partial charge in [0.05, 0.1) is 5.88 Å². The molecule has 0 amide bonds. The minimum atomic E-state index is 0.479. The molecule has 1 aromatic heterocycles. The van der Waals surface area contributed by atoms with Crippen LogP contribution in [0.25, 0.3) is 0 Å². The first kappa shape index (κ1) is 11.9. The molecule has 2 nitrogen and oxygen atoms in total. The van der Waals surface area contributed by atoms with E-state index in [4.69, 9.17) is 11.6 Å². The molecule has 0 saturated carbocycles. The monoisotopic (exact) mass is 246 g/mol. The van der Waals surface area contributed by atoms with Crippen molar-refractivity contribution >= 4 is 23.0 Å². The minimum Gasteiger partial charge on any atom is -0.341 e. The van der Waals surface area contributed by atoms with E-state index in [2.05, 4.69) is 28.9 Å². The summed E-state index contributed by atoms with van der Waals surface area (Å²) in [5.41, 5.74) is 3.36. The van der Waals surface area contributed by atoms with E-state index in [0.29, 0.717) is 5.88 Å². The van der Waals surface area contributed by atoms with Crippen LogP contribution in [0, 0.1) is 0 Å². The number of hydrogen-bond donors (Lipinski definition) is 0. The molecule has 88 valence electrons. The summed E-state index contributed by atoms with van der Waals surface area (Å²) in [7, 11) is 0. The number of rotatable bonds is 4. The number of benzene rings is 1. The van der Waals surface area contributed by atoms with Crippen molar-refractivity contribution in [1.29, 1.82) is 0 Å². The molecule has 0 unspecified atom stereocenters. The van der Waals surface area contributed by atoms with Crippen molar-refractivity contribution in [2.45, 2.75) is 12.8 Å². The smallest absolute Gasteiger partial charge is 0.0510 e. The standard InChI is InChI=1S/C14H15ClN2/c1-2-17(13-6-4-3-5-7-13)14-8-9-16-11-12(14)10-15/h3-9,11H,2,10H2,1H3. The quantitative estimate of drug-likeness (QED) is 0.759. The minimum absolute atomic E-state index is 0.479.